The average molecular weight is 267 g/mol. The van der Waals surface area contributed by atoms with Crippen molar-refractivity contribution in [3.63, 3.8) is 0 Å². The third-order valence-electron chi connectivity index (χ3n) is 3.28. The van der Waals surface area contributed by atoms with Gasteiger partial charge < -0.3 is 25.1 Å². The van der Waals surface area contributed by atoms with E-state index in [1.807, 2.05) is 18.2 Å². The number of hydrogen-bond donors (Lipinski definition) is 2. The summed E-state index contributed by atoms with van der Waals surface area (Å²) in [5.41, 5.74) is 6.69. The number of para-hydroxylation sites is 1. The molecule has 106 valence electrons. The Morgan fingerprint density at radius 3 is 2.79 bits per heavy atom. The van der Waals surface area contributed by atoms with Crippen molar-refractivity contribution in [2.24, 2.45) is 5.73 Å². The van der Waals surface area contributed by atoms with Gasteiger partial charge in [-0.3, -0.25) is 0 Å². The van der Waals surface area contributed by atoms with E-state index >= 15 is 0 Å². The molecule has 1 heterocycles. The minimum atomic E-state index is -0.468. The second-order valence-electron chi connectivity index (χ2n) is 4.60. The minimum Gasteiger partial charge on any atom is -0.493 e. The smallest absolute Gasteiger partial charge is 0.166 e. The molecule has 0 aliphatic carbocycles. The van der Waals surface area contributed by atoms with Gasteiger partial charge in [-0.25, -0.2) is 0 Å². The number of ether oxygens (including phenoxy) is 3. The molecule has 0 aromatic heterocycles. The Hall–Kier alpha value is -1.30. The zero-order valence-corrected chi connectivity index (χ0v) is 11.2. The number of rotatable bonds is 5. The Kier molecular flexibility index (Phi) is 5.01. The standard InChI is InChI=1S/C14H21NO4/c1-17-13-4-2-3-11(12(15)9-16)14(13)19-10-5-7-18-8-6-10/h2-4,10,12,16H,5-9,15H2,1H3. The first-order valence-electron chi connectivity index (χ1n) is 6.54. The van der Waals surface area contributed by atoms with Crippen LogP contribution in [0, 0.1) is 0 Å². The number of aliphatic hydroxyl groups is 1. The Labute approximate surface area is 113 Å². The maximum absolute atomic E-state index is 9.24. The van der Waals surface area contributed by atoms with Gasteiger partial charge in [0.25, 0.3) is 0 Å². The van der Waals surface area contributed by atoms with Crippen molar-refractivity contribution in [1.29, 1.82) is 0 Å². The van der Waals surface area contributed by atoms with Crippen molar-refractivity contribution in [2.45, 2.75) is 25.0 Å². The van der Waals surface area contributed by atoms with Gasteiger partial charge in [0, 0.05) is 18.4 Å². The summed E-state index contributed by atoms with van der Waals surface area (Å²) < 4.78 is 16.7. The van der Waals surface area contributed by atoms with Crippen LogP contribution < -0.4 is 15.2 Å². The van der Waals surface area contributed by atoms with E-state index in [4.69, 9.17) is 19.9 Å². The highest BCUT2D eigenvalue weighted by molar-refractivity contribution is 5.48. The fourth-order valence-electron chi connectivity index (χ4n) is 2.17. The first-order chi connectivity index (χ1) is 9.26. The number of hydrogen-bond acceptors (Lipinski definition) is 5. The first kappa shape index (κ1) is 14.1. The molecule has 0 amide bonds. The van der Waals surface area contributed by atoms with Gasteiger partial charge in [0.2, 0.25) is 0 Å². The van der Waals surface area contributed by atoms with E-state index in [9.17, 15) is 5.11 Å². The second-order valence-corrected chi connectivity index (χ2v) is 4.60. The maximum Gasteiger partial charge on any atom is 0.166 e. The summed E-state index contributed by atoms with van der Waals surface area (Å²) >= 11 is 0. The Morgan fingerprint density at radius 1 is 1.42 bits per heavy atom. The van der Waals surface area contributed by atoms with Crippen LogP contribution in [0.15, 0.2) is 18.2 Å². The van der Waals surface area contributed by atoms with Gasteiger partial charge in [-0.2, -0.15) is 0 Å². The Balaban J connectivity index is 2.24. The zero-order chi connectivity index (χ0) is 13.7. The molecule has 0 radical (unpaired) electrons. The zero-order valence-electron chi connectivity index (χ0n) is 11.2. The lowest BCUT2D eigenvalue weighted by Crippen LogP contribution is -2.27. The summed E-state index contributed by atoms with van der Waals surface area (Å²) in [7, 11) is 1.60. The van der Waals surface area contributed by atoms with Gasteiger partial charge in [0.1, 0.15) is 6.10 Å². The van der Waals surface area contributed by atoms with E-state index in [0.717, 1.165) is 18.4 Å². The van der Waals surface area contributed by atoms with Crippen LogP contribution in [0.4, 0.5) is 0 Å². The molecule has 0 bridgehead atoms. The fraction of sp³-hybridized carbons (Fsp3) is 0.571. The van der Waals surface area contributed by atoms with Gasteiger partial charge in [-0.15, -0.1) is 0 Å². The van der Waals surface area contributed by atoms with Crippen LogP contribution in [-0.2, 0) is 4.74 Å². The summed E-state index contributed by atoms with van der Waals surface area (Å²) in [6, 6.07) is 5.07. The molecule has 1 aliphatic heterocycles. The molecule has 1 aromatic rings. The molecule has 1 saturated heterocycles. The van der Waals surface area contributed by atoms with Crippen LogP contribution in [0.2, 0.25) is 0 Å². The van der Waals surface area contributed by atoms with Crippen LogP contribution in [-0.4, -0.2) is 38.1 Å². The van der Waals surface area contributed by atoms with Crippen molar-refractivity contribution >= 4 is 0 Å². The molecule has 1 fully saturated rings. The average Bonchev–Trinajstić information content (AvgIpc) is 2.47. The number of aliphatic hydroxyl groups excluding tert-OH is 1. The van der Waals surface area contributed by atoms with E-state index in [1.165, 1.54) is 0 Å². The third-order valence-corrected chi connectivity index (χ3v) is 3.28. The molecule has 1 aromatic carbocycles. The van der Waals surface area contributed by atoms with Gasteiger partial charge in [-0.05, 0) is 6.07 Å². The summed E-state index contributed by atoms with van der Waals surface area (Å²) in [4.78, 5) is 0. The summed E-state index contributed by atoms with van der Waals surface area (Å²) in [5, 5.41) is 9.24. The highest BCUT2D eigenvalue weighted by atomic mass is 16.5. The van der Waals surface area contributed by atoms with Crippen LogP contribution in [0.1, 0.15) is 24.4 Å². The predicted octanol–water partition coefficient (Wildman–Crippen LogP) is 1.25. The summed E-state index contributed by atoms with van der Waals surface area (Å²) in [6.07, 6.45) is 1.81. The summed E-state index contributed by atoms with van der Waals surface area (Å²) in [5.74, 6) is 1.28. The van der Waals surface area contributed by atoms with E-state index < -0.39 is 6.04 Å². The molecule has 1 unspecified atom stereocenters. The van der Waals surface area contributed by atoms with Crippen molar-refractivity contribution in [3.8, 4) is 11.5 Å². The van der Waals surface area contributed by atoms with Crippen LogP contribution in [0.5, 0.6) is 11.5 Å². The monoisotopic (exact) mass is 267 g/mol. The molecule has 1 aliphatic rings. The normalized spacial score (nSPS) is 18.1. The van der Waals surface area contributed by atoms with E-state index in [1.54, 1.807) is 7.11 Å². The SMILES string of the molecule is COc1cccc(C(N)CO)c1OC1CCOCC1. The highest BCUT2D eigenvalue weighted by Gasteiger charge is 2.21. The predicted molar refractivity (Wildman–Crippen MR) is 71.5 cm³/mol. The number of nitrogens with two attached hydrogens (primary N) is 1. The van der Waals surface area contributed by atoms with Gasteiger partial charge in [-0.1, -0.05) is 12.1 Å². The van der Waals surface area contributed by atoms with E-state index in [2.05, 4.69) is 0 Å². The quantitative estimate of drug-likeness (QED) is 0.839. The van der Waals surface area contributed by atoms with Crippen LogP contribution in [0.25, 0.3) is 0 Å². The lowest BCUT2D eigenvalue weighted by atomic mass is 10.1. The molecule has 2 rings (SSSR count). The largest absolute Gasteiger partial charge is 0.493 e. The Morgan fingerprint density at radius 2 is 2.16 bits per heavy atom. The molecule has 3 N–H and O–H groups in total. The third kappa shape index (κ3) is 3.37. The molecule has 0 spiro atoms. The molecule has 19 heavy (non-hydrogen) atoms. The lowest BCUT2D eigenvalue weighted by Gasteiger charge is -2.26. The van der Waals surface area contributed by atoms with Gasteiger partial charge in [0.15, 0.2) is 11.5 Å². The van der Waals surface area contributed by atoms with E-state index in [-0.39, 0.29) is 12.7 Å². The topological polar surface area (TPSA) is 73.9 Å². The minimum absolute atomic E-state index is 0.106. The van der Waals surface area contributed by atoms with Crippen molar-refractivity contribution in [3.05, 3.63) is 23.8 Å². The van der Waals surface area contributed by atoms with E-state index in [0.29, 0.717) is 24.7 Å². The maximum atomic E-state index is 9.24. The van der Waals surface area contributed by atoms with Gasteiger partial charge >= 0.3 is 0 Å². The number of methoxy groups -OCH3 is 1. The highest BCUT2D eigenvalue weighted by Crippen LogP contribution is 2.35. The first-order valence-corrected chi connectivity index (χ1v) is 6.54. The number of benzene rings is 1. The van der Waals surface area contributed by atoms with Crippen molar-refractivity contribution in [1.82, 2.24) is 0 Å². The molecule has 1 atom stereocenters. The Bertz CT molecular complexity index is 404. The second kappa shape index (κ2) is 6.75. The summed E-state index contributed by atoms with van der Waals surface area (Å²) in [6.45, 7) is 1.29. The van der Waals surface area contributed by atoms with Crippen LogP contribution in [0.3, 0.4) is 0 Å². The van der Waals surface area contributed by atoms with Crippen molar-refractivity contribution in [2.75, 3.05) is 26.9 Å². The molecule has 5 nitrogen and oxygen atoms in total. The van der Waals surface area contributed by atoms with Crippen LogP contribution >= 0.6 is 0 Å². The molecule has 5 heteroatoms. The molecular formula is C14H21NO4. The van der Waals surface area contributed by atoms with Crippen molar-refractivity contribution < 1.29 is 19.3 Å². The van der Waals surface area contributed by atoms with Gasteiger partial charge in [0.05, 0.1) is 33.0 Å². The lowest BCUT2D eigenvalue weighted by molar-refractivity contribution is 0.0238. The molecular weight excluding hydrogens is 246 g/mol. The fourth-order valence-corrected chi connectivity index (χ4v) is 2.17. The molecule has 0 saturated carbocycles.